The van der Waals surface area contributed by atoms with Gasteiger partial charge in [-0.15, -0.1) is 0 Å². The maximum Gasteiger partial charge on any atom is 0.243 e. The van der Waals surface area contributed by atoms with Gasteiger partial charge < -0.3 is 5.32 Å². The Morgan fingerprint density at radius 3 is 2.68 bits per heavy atom. The van der Waals surface area contributed by atoms with E-state index in [4.69, 9.17) is 11.6 Å². The summed E-state index contributed by atoms with van der Waals surface area (Å²) in [6, 6.07) is 10.8. The lowest BCUT2D eigenvalue weighted by molar-refractivity contribution is -0.120. The number of piperidine rings is 1. The second-order valence-electron chi connectivity index (χ2n) is 7.37. The topological polar surface area (TPSA) is 66.5 Å². The second kappa shape index (κ2) is 8.23. The molecule has 5 nitrogen and oxygen atoms in total. The highest BCUT2D eigenvalue weighted by molar-refractivity contribution is 7.89. The molecule has 0 bridgehead atoms. The van der Waals surface area contributed by atoms with Gasteiger partial charge in [-0.1, -0.05) is 29.8 Å². The molecule has 150 valence electrons. The van der Waals surface area contributed by atoms with E-state index >= 15 is 0 Å². The Hall–Kier alpha value is -1.89. The number of carbonyl (C=O) groups excluding carboxylic acids is 1. The Kier molecular flexibility index (Phi) is 6.12. The number of rotatable bonds is 4. The molecule has 7 heteroatoms. The monoisotopic (exact) mass is 420 g/mol. The van der Waals surface area contributed by atoms with Gasteiger partial charge in [-0.2, -0.15) is 4.31 Å². The lowest BCUT2D eigenvalue weighted by atomic mass is 9.98. The van der Waals surface area contributed by atoms with Crippen molar-refractivity contribution in [3.05, 3.63) is 58.1 Å². The number of halogens is 1. The molecule has 0 spiro atoms. The average molecular weight is 421 g/mol. The fourth-order valence-electron chi connectivity index (χ4n) is 3.48. The van der Waals surface area contributed by atoms with Gasteiger partial charge >= 0.3 is 0 Å². The molecule has 2 aromatic rings. The summed E-state index contributed by atoms with van der Waals surface area (Å²) in [5.74, 6) is -0.571. The molecule has 1 N–H and O–H groups in total. The number of benzene rings is 2. The largest absolute Gasteiger partial charge is 0.326 e. The number of hydrogen-bond donors (Lipinski definition) is 1. The van der Waals surface area contributed by atoms with E-state index in [1.54, 1.807) is 31.2 Å². The third-order valence-electron chi connectivity index (χ3n) is 5.24. The molecule has 0 radical (unpaired) electrons. The second-order valence-corrected chi connectivity index (χ2v) is 9.69. The first kappa shape index (κ1) is 20.8. The lowest BCUT2D eigenvalue weighted by Crippen LogP contribution is -2.43. The molecule has 1 aliphatic rings. The predicted molar refractivity (Wildman–Crippen MR) is 112 cm³/mol. The highest BCUT2D eigenvalue weighted by atomic mass is 35.5. The van der Waals surface area contributed by atoms with Gasteiger partial charge in [0, 0.05) is 23.8 Å². The Balaban J connectivity index is 1.79. The van der Waals surface area contributed by atoms with Crippen LogP contribution in [0, 0.1) is 26.7 Å². The highest BCUT2D eigenvalue weighted by Gasteiger charge is 2.34. The van der Waals surface area contributed by atoms with Gasteiger partial charge in [0.15, 0.2) is 0 Å². The minimum Gasteiger partial charge on any atom is -0.326 e. The van der Waals surface area contributed by atoms with E-state index in [0.717, 1.165) is 11.1 Å². The fourth-order valence-corrected chi connectivity index (χ4v) is 5.48. The molecule has 1 heterocycles. The maximum atomic E-state index is 13.2. The number of carbonyl (C=O) groups is 1. The summed E-state index contributed by atoms with van der Waals surface area (Å²) in [7, 11) is -3.64. The lowest BCUT2D eigenvalue weighted by Gasteiger charge is -2.31. The number of sulfonamides is 1. The van der Waals surface area contributed by atoms with E-state index < -0.39 is 15.9 Å². The van der Waals surface area contributed by atoms with Crippen molar-refractivity contribution in [2.45, 2.75) is 38.5 Å². The molecular weight excluding hydrogens is 396 g/mol. The van der Waals surface area contributed by atoms with Crippen LogP contribution in [0.1, 0.15) is 29.5 Å². The SMILES string of the molecule is Cc1ccc(C)c(S(=O)(=O)N2CCC[C@@H](C(=O)Nc3cccc(Cl)c3C)C2)c1. The summed E-state index contributed by atoms with van der Waals surface area (Å²) in [6.07, 6.45) is 1.31. The third-order valence-corrected chi connectivity index (χ3v) is 7.66. The third kappa shape index (κ3) is 4.24. The van der Waals surface area contributed by atoms with Crippen LogP contribution < -0.4 is 5.32 Å². The summed E-state index contributed by atoms with van der Waals surface area (Å²) in [5, 5.41) is 3.49. The Labute approximate surface area is 171 Å². The maximum absolute atomic E-state index is 13.2. The van der Waals surface area contributed by atoms with Crippen LogP contribution in [-0.2, 0) is 14.8 Å². The van der Waals surface area contributed by atoms with E-state index in [-0.39, 0.29) is 12.5 Å². The van der Waals surface area contributed by atoms with Crippen LogP contribution in [0.4, 0.5) is 5.69 Å². The molecule has 1 amide bonds. The zero-order valence-corrected chi connectivity index (χ0v) is 17.9. The van der Waals surface area contributed by atoms with Crippen LogP contribution in [0.3, 0.4) is 0 Å². The summed E-state index contributed by atoms with van der Waals surface area (Å²) in [6.45, 7) is 6.12. The number of nitrogens with zero attached hydrogens (tertiary/aromatic N) is 1. The molecule has 1 atom stereocenters. The van der Waals surface area contributed by atoms with Crippen LogP contribution in [0.15, 0.2) is 41.3 Å². The first-order chi connectivity index (χ1) is 13.2. The zero-order valence-electron chi connectivity index (χ0n) is 16.3. The first-order valence-electron chi connectivity index (χ1n) is 9.33. The standard InChI is InChI=1S/C21H25ClN2O3S/c1-14-9-10-15(2)20(12-14)28(26,27)24-11-5-6-17(13-24)21(25)23-19-8-4-7-18(22)16(19)3/h4,7-10,12,17H,5-6,11,13H2,1-3H3,(H,23,25)/t17-/m1/s1. The molecular formula is C21H25ClN2O3S. The molecule has 1 fully saturated rings. The van der Waals surface area contributed by atoms with Crippen molar-refractivity contribution in [2.75, 3.05) is 18.4 Å². The number of hydrogen-bond acceptors (Lipinski definition) is 3. The fraction of sp³-hybridized carbons (Fsp3) is 0.381. The van der Waals surface area contributed by atoms with Crippen molar-refractivity contribution in [1.29, 1.82) is 0 Å². The van der Waals surface area contributed by atoms with Gasteiger partial charge in [0.25, 0.3) is 0 Å². The van der Waals surface area contributed by atoms with E-state index in [2.05, 4.69) is 5.32 Å². The molecule has 3 rings (SSSR count). The molecule has 0 aliphatic carbocycles. The molecule has 1 saturated heterocycles. The quantitative estimate of drug-likeness (QED) is 0.801. The van der Waals surface area contributed by atoms with E-state index in [1.165, 1.54) is 4.31 Å². The van der Waals surface area contributed by atoms with Gasteiger partial charge in [-0.25, -0.2) is 8.42 Å². The van der Waals surface area contributed by atoms with E-state index in [1.807, 2.05) is 26.0 Å². The number of amides is 1. The molecule has 28 heavy (non-hydrogen) atoms. The molecule has 0 unspecified atom stereocenters. The van der Waals surface area contributed by atoms with Gasteiger partial charge in [-0.05, 0) is 68.5 Å². The van der Waals surface area contributed by atoms with Crippen molar-refractivity contribution in [2.24, 2.45) is 5.92 Å². The normalized spacial score (nSPS) is 18.1. The predicted octanol–water partition coefficient (Wildman–Crippen LogP) is 4.30. The van der Waals surface area contributed by atoms with Crippen LogP contribution in [0.2, 0.25) is 5.02 Å². The summed E-state index contributed by atoms with van der Waals surface area (Å²) in [5.41, 5.74) is 3.07. The highest BCUT2D eigenvalue weighted by Crippen LogP contribution is 2.28. The first-order valence-corrected chi connectivity index (χ1v) is 11.2. The van der Waals surface area contributed by atoms with Crippen LogP contribution in [0.5, 0.6) is 0 Å². The van der Waals surface area contributed by atoms with E-state index in [9.17, 15) is 13.2 Å². The van der Waals surface area contributed by atoms with Crippen LogP contribution in [0.25, 0.3) is 0 Å². The number of aryl methyl sites for hydroxylation is 2. The number of anilines is 1. The summed E-state index contributed by atoms with van der Waals surface area (Å²) >= 11 is 6.12. The summed E-state index contributed by atoms with van der Waals surface area (Å²) < 4.78 is 27.8. The average Bonchev–Trinajstić information content (AvgIpc) is 2.67. The van der Waals surface area contributed by atoms with Crippen LogP contribution in [-0.4, -0.2) is 31.7 Å². The smallest absolute Gasteiger partial charge is 0.243 e. The molecule has 1 aliphatic heterocycles. The van der Waals surface area contributed by atoms with Crippen molar-refractivity contribution < 1.29 is 13.2 Å². The van der Waals surface area contributed by atoms with Crippen molar-refractivity contribution in [3.8, 4) is 0 Å². The van der Waals surface area contributed by atoms with Gasteiger partial charge in [0.05, 0.1) is 10.8 Å². The Bertz CT molecular complexity index is 1000. The minimum atomic E-state index is -3.64. The van der Waals surface area contributed by atoms with Gasteiger partial charge in [0.2, 0.25) is 15.9 Å². The Morgan fingerprint density at radius 1 is 1.18 bits per heavy atom. The van der Waals surface area contributed by atoms with Crippen molar-refractivity contribution in [1.82, 2.24) is 4.31 Å². The van der Waals surface area contributed by atoms with E-state index in [0.29, 0.717) is 40.6 Å². The van der Waals surface area contributed by atoms with Gasteiger partial charge in [0.1, 0.15) is 0 Å². The molecule has 0 saturated carbocycles. The Morgan fingerprint density at radius 2 is 1.93 bits per heavy atom. The molecule has 2 aromatic carbocycles. The van der Waals surface area contributed by atoms with Crippen LogP contribution >= 0.6 is 11.6 Å². The summed E-state index contributed by atoms with van der Waals surface area (Å²) in [4.78, 5) is 13.1. The minimum absolute atomic E-state index is 0.175. The van der Waals surface area contributed by atoms with Crippen molar-refractivity contribution >= 4 is 33.2 Å². The van der Waals surface area contributed by atoms with Crippen molar-refractivity contribution in [3.63, 3.8) is 0 Å². The number of nitrogens with one attached hydrogen (secondary N) is 1. The molecule has 0 aromatic heterocycles. The zero-order chi connectivity index (χ0) is 20.5. The van der Waals surface area contributed by atoms with Gasteiger partial charge in [-0.3, -0.25) is 4.79 Å².